The van der Waals surface area contributed by atoms with Crippen molar-refractivity contribution >= 4 is 17.3 Å². The SMILES string of the molecule is CCN(CC(=O)Nc1ccc(C)c(N)c1)C1CCCC1. The third-order valence-corrected chi connectivity index (χ3v) is 4.16. The number of carbonyl (C=O) groups excluding carboxylic acids is 1. The molecule has 0 spiro atoms. The number of likely N-dealkylation sites (N-methyl/N-ethyl adjacent to an activating group) is 1. The molecule has 1 aromatic carbocycles. The van der Waals surface area contributed by atoms with Crippen molar-refractivity contribution in [2.24, 2.45) is 0 Å². The van der Waals surface area contributed by atoms with Crippen LogP contribution in [0.3, 0.4) is 0 Å². The van der Waals surface area contributed by atoms with Crippen molar-refractivity contribution in [1.82, 2.24) is 4.90 Å². The third-order valence-electron chi connectivity index (χ3n) is 4.16. The lowest BCUT2D eigenvalue weighted by Gasteiger charge is -2.26. The second-order valence-electron chi connectivity index (χ2n) is 5.62. The molecule has 0 radical (unpaired) electrons. The summed E-state index contributed by atoms with van der Waals surface area (Å²) >= 11 is 0. The molecular formula is C16H25N3O. The Morgan fingerprint density at radius 2 is 2.10 bits per heavy atom. The van der Waals surface area contributed by atoms with Crippen molar-refractivity contribution < 1.29 is 4.79 Å². The Morgan fingerprint density at radius 3 is 2.70 bits per heavy atom. The van der Waals surface area contributed by atoms with Gasteiger partial charge >= 0.3 is 0 Å². The molecule has 1 aliphatic carbocycles. The van der Waals surface area contributed by atoms with Crippen LogP contribution in [0.15, 0.2) is 18.2 Å². The van der Waals surface area contributed by atoms with E-state index >= 15 is 0 Å². The summed E-state index contributed by atoms with van der Waals surface area (Å²) < 4.78 is 0. The van der Waals surface area contributed by atoms with Gasteiger partial charge in [0.1, 0.15) is 0 Å². The normalized spacial score (nSPS) is 15.8. The van der Waals surface area contributed by atoms with Crippen molar-refractivity contribution in [2.75, 3.05) is 24.1 Å². The van der Waals surface area contributed by atoms with Gasteiger partial charge in [0.2, 0.25) is 5.91 Å². The van der Waals surface area contributed by atoms with Crippen LogP contribution in [0.1, 0.15) is 38.2 Å². The fourth-order valence-electron chi connectivity index (χ4n) is 2.87. The van der Waals surface area contributed by atoms with Crippen LogP contribution in [0.4, 0.5) is 11.4 Å². The number of aryl methyl sites for hydroxylation is 1. The molecule has 0 bridgehead atoms. The smallest absolute Gasteiger partial charge is 0.238 e. The Hall–Kier alpha value is -1.55. The van der Waals surface area contributed by atoms with Gasteiger partial charge in [0.05, 0.1) is 6.54 Å². The van der Waals surface area contributed by atoms with Crippen molar-refractivity contribution in [1.29, 1.82) is 0 Å². The number of nitrogens with zero attached hydrogens (tertiary/aromatic N) is 1. The molecule has 1 aliphatic rings. The lowest BCUT2D eigenvalue weighted by atomic mass is 10.2. The highest BCUT2D eigenvalue weighted by atomic mass is 16.2. The van der Waals surface area contributed by atoms with E-state index in [1.54, 1.807) is 0 Å². The molecule has 0 saturated heterocycles. The molecule has 0 unspecified atom stereocenters. The average molecular weight is 275 g/mol. The number of hydrogen-bond donors (Lipinski definition) is 2. The first kappa shape index (κ1) is 14.9. The molecular weight excluding hydrogens is 250 g/mol. The van der Waals surface area contributed by atoms with Gasteiger partial charge in [-0.15, -0.1) is 0 Å². The van der Waals surface area contributed by atoms with E-state index in [1.807, 2.05) is 25.1 Å². The summed E-state index contributed by atoms with van der Waals surface area (Å²) in [4.78, 5) is 14.4. The Labute approximate surface area is 121 Å². The number of amides is 1. The molecule has 4 heteroatoms. The minimum absolute atomic E-state index is 0.0435. The van der Waals surface area contributed by atoms with Crippen LogP contribution in [0.25, 0.3) is 0 Å². The summed E-state index contributed by atoms with van der Waals surface area (Å²) in [7, 11) is 0. The molecule has 0 aromatic heterocycles. The topological polar surface area (TPSA) is 58.4 Å². The molecule has 110 valence electrons. The van der Waals surface area contributed by atoms with Crippen LogP contribution in [-0.4, -0.2) is 29.9 Å². The Bertz CT molecular complexity index is 467. The van der Waals surface area contributed by atoms with Gasteiger partial charge in [0.15, 0.2) is 0 Å². The zero-order chi connectivity index (χ0) is 14.5. The molecule has 0 heterocycles. The van der Waals surface area contributed by atoms with E-state index in [9.17, 15) is 4.79 Å². The Kier molecular flexibility index (Phi) is 5.01. The molecule has 1 saturated carbocycles. The predicted molar refractivity (Wildman–Crippen MR) is 83.7 cm³/mol. The van der Waals surface area contributed by atoms with Gasteiger partial charge < -0.3 is 11.1 Å². The quantitative estimate of drug-likeness (QED) is 0.812. The summed E-state index contributed by atoms with van der Waals surface area (Å²) in [6.45, 7) is 5.47. The van der Waals surface area contributed by atoms with Gasteiger partial charge in [-0.25, -0.2) is 0 Å². The first-order valence-electron chi connectivity index (χ1n) is 7.50. The molecule has 20 heavy (non-hydrogen) atoms. The molecule has 1 fully saturated rings. The molecule has 1 aromatic rings. The molecule has 0 atom stereocenters. The van der Waals surface area contributed by atoms with Crippen LogP contribution >= 0.6 is 0 Å². The Morgan fingerprint density at radius 1 is 1.40 bits per heavy atom. The van der Waals surface area contributed by atoms with Crippen molar-refractivity contribution in [3.8, 4) is 0 Å². The zero-order valence-electron chi connectivity index (χ0n) is 12.5. The maximum Gasteiger partial charge on any atom is 0.238 e. The van der Waals surface area contributed by atoms with Gasteiger partial charge in [-0.3, -0.25) is 9.69 Å². The average Bonchev–Trinajstić information content (AvgIpc) is 2.94. The number of hydrogen-bond acceptors (Lipinski definition) is 3. The maximum absolute atomic E-state index is 12.1. The first-order chi connectivity index (χ1) is 9.60. The standard InChI is InChI=1S/C16H25N3O/c1-3-19(14-6-4-5-7-14)11-16(20)18-13-9-8-12(2)15(17)10-13/h8-10,14H,3-7,11,17H2,1-2H3,(H,18,20). The molecule has 1 amide bonds. The van der Waals surface area contributed by atoms with Crippen LogP contribution in [0.5, 0.6) is 0 Å². The lowest BCUT2D eigenvalue weighted by Crippen LogP contribution is -2.39. The zero-order valence-corrected chi connectivity index (χ0v) is 12.5. The second kappa shape index (κ2) is 6.75. The summed E-state index contributed by atoms with van der Waals surface area (Å²) in [5, 5.41) is 2.94. The summed E-state index contributed by atoms with van der Waals surface area (Å²) in [6.07, 6.45) is 5.02. The highest BCUT2D eigenvalue weighted by Crippen LogP contribution is 2.23. The summed E-state index contributed by atoms with van der Waals surface area (Å²) in [5.41, 5.74) is 8.39. The fraction of sp³-hybridized carbons (Fsp3) is 0.562. The van der Waals surface area contributed by atoms with E-state index in [2.05, 4.69) is 17.1 Å². The van der Waals surface area contributed by atoms with Crippen molar-refractivity contribution in [3.63, 3.8) is 0 Å². The van der Waals surface area contributed by atoms with E-state index in [0.29, 0.717) is 18.3 Å². The highest BCUT2D eigenvalue weighted by Gasteiger charge is 2.22. The third kappa shape index (κ3) is 3.73. The monoisotopic (exact) mass is 275 g/mol. The van der Waals surface area contributed by atoms with Crippen molar-refractivity contribution in [3.05, 3.63) is 23.8 Å². The number of nitrogens with one attached hydrogen (secondary N) is 1. The predicted octanol–water partition coefficient (Wildman–Crippen LogP) is 2.78. The van der Waals surface area contributed by atoms with Gasteiger partial charge in [-0.2, -0.15) is 0 Å². The largest absolute Gasteiger partial charge is 0.398 e. The summed E-state index contributed by atoms with van der Waals surface area (Å²) in [6, 6.07) is 6.22. The van der Waals surface area contributed by atoms with Crippen LogP contribution < -0.4 is 11.1 Å². The van der Waals surface area contributed by atoms with E-state index in [-0.39, 0.29) is 5.91 Å². The fourth-order valence-corrected chi connectivity index (χ4v) is 2.87. The van der Waals surface area contributed by atoms with Crippen molar-refractivity contribution in [2.45, 2.75) is 45.6 Å². The van der Waals surface area contributed by atoms with E-state index in [0.717, 1.165) is 17.8 Å². The van der Waals surface area contributed by atoms with Gasteiger partial charge in [-0.1, -0.05) is 25.8 Å². The number of carbonyl (C=O) groups is 1. The maximum atomic E-state index is 12.1. The minimum atomic E-state index is 0.0435. The highest BCUT2D eigenvalue weighted by molar-refractivity contribution is 5.92. The van der Waals surface area contributed by atoms with E-state index in [4.69, 9.17) is 5.73 Å². The molecule has 3 N–H and O–H groups in total. The number of benzene rings is 1. The van der Waals surface area contributed by atoms with E-state index < -0.39 is 0 Å². The first-order valence-corrected chi connectivity index (χ1v) is 7.50. The van der Waals surface area contributed by atoms with E-state index in [1.165, 1.54) is 25.7 Å². The van der Waals surface area contributed by atoms with Gasteiger partial charge in [0.25, 0.3) is 0 Å². The Balaban J connectivity index is 1.91. The summed E-state index contributed by atoms with van der Waals surface area (Å²) in [5.74, 6) is 0.0435. The number of nitrogen functional groups attached to an aromatic ring is 1. The van der Waals surface area contributed by atoms with Gasteiger partial charge in [-0.05, 0) is 44.0 Å². The van der Waals surface area contributed by atoms with Gasteiger partial charge in [0, 0.05) is 17.4 Å². The molecule has 0 aliphatic heterocycles. The van der Waals surface area contributed by atoms with Crippen LogP contribution in [0.2, 0.25) is 0 Å². The number of rotatable bonds is 5. The minimum Gasteiger partial charge on any atom is -0.398 e. The van der Waals surface area contributed by atoms with Crippen LogP contribution in [-0.2, 0) is 4.79 Å². The number of nitrogens with two attached hydrogens (primary N) is 1. The van der Waals surface area contributed by atoms with Crippen LogP contribution in [0, 0.1) is 6.92 Å². The lowest BCUT2D eigenvalue weighted by molar-refractivity contribution is -0.117. The molecule has 4 nitrogen and oxygen atoms in total. The second-order valence-corrected chi connectivity index (χ2v) is 5.62. The number of anilines is 2. The molecule has 2 rings (SSSR count).